The molecule has 0 radical (unpaired) electrons. The molecule has 102 valence electrons. The fourth-order valence-electron chi connectivity index (χ4n) is 2.27. The van der Waals surface area contributed by atoms with Gasteiger partial charge in [0.15, 0.2) is 0 Å². The van der Waals surface area contributed by atoms with Crippen molar-refractivity contribution in [2.45, 2.75) is 52.0 Å². The molecule has 0 saturated heterocycles. The Bertz CT molecular complexity index is 359. The van der Waals surface area contributed by atoms with Gasteiger partial charge in [0.2, 0.25) is 0 Å². The first kappa shape index (κ1) is 14.0. The van der Waals surface area contributed by atoms with Crippen LogP contribution in [0.1, 0.15) is 61.2 Å². The van der Waals surface area contributed by atoms with Crippen LogP contribution in [0.4, 0.5) is 0 Å². The lowest BCUT2D eigenvalue weighted by molar-refractivity contribution is 0.308. The quantitative estimate of drug-likeness (QED) is 0.826. The van der Waals surface area contributed by atoms with E-state index in [9.17, 15) is 0 Å². The largest absolute Gasteiger partial charge is 0.323 e. The van der Waals surface area contributed by atoms with Gasteiger partial charge in [-0.3, -0.25) is 0 Å². The van der Waals surface area contributed by atoms with Crippen LogP contribution in [0.5, 0.6) is 0 Å². The van der Waals surface area contributed by atoms with Crippen molar-refractivity contribution in [1.29, 1.82) is 0 Å². The van der Waals surface area contributed by atoms with Crippen molar-refractivity contribution in [3.63, 3.8) is 0 Å². The van der Waals surface area contributed by atoms with E-state index < -0.39 is 0 Å². The van der Waals surface area contributed by atoms with Crippen molar-refractivity contribution in [1.82, 2.24) is 9.88 Å². The average Bonchev–Trinajstić information content (AvgIpc) is 3.11. The summed E-state index contributed by atoms with van der Waals surface area (Å²) in [5.74, 6) is 0.712. The minimum atomic E-state index is 0.139. The SMILES string of the molecule is CCN(CC)CCc1nc(C2CC2)c(C(C)N)s1. The van der Waals surface area contributed by atoms with Gasteiger partial charge in [-0.1, -0.05) is 13.8 Å². The van der Waals surface area contributed by atoms with Crippen LogP contribution in [0.15, 0.2) is 0 Å². The topological polar surface area (TPSA) is 42.2 Å². The van der Waals surface area contributed by atoms with Crippen LogP contribution in [0.3, 0.4) is 0 Å². The van der Waals surface area contributed by atoms with E-state index in [0.717, 1.165) is 26.1 Å². The van der Waals surface area contributed by atoms with E-state index >= 15 is 0 Å². The van der Waals surface area contributed by atoms with E-state index in [1.165, 1.54) is 28.4 Å². The van der Waals surface area contributed by atoms with E-state index in [1.807, 2.05) is 11.3 Å². The molecular formula is C14H25N3S. The molecular weight excluding hydrogens is 242 g/mol. The summed E-state index contributed by atoms with van der Waals surface area (Å²) in [6.45, 7) is 9.87. The molecule has 1 aliphatic carbocycles. The van der Waals surface area contributed by atoms with Crippen LogP contribution in [0.25, 0.3) is 0 Å². The molecule has 0 amide bonds. The number of hydrogen-bond acceptors (Lipinski definition) is 4. The standard InChI is InChI=1S/C14H25N3S/c1-4-17(5-2)9-8-12-16-13(11-6-7-11)14(18-12)10(3)15/h10-11H,4-9,15H2,1-3H3. The molecule has 1 aliphatic rings. The Labute approximate surface area is 114 Å². The molecule has 1 saturated carbocycles. The van der Waals surface area contributed by atoms with Crippen molar-refractivity contribution in [3.8, 4) is 0 Å². The Balaban J connectivity index is 2.02. The van der Waals surface area contributed by atoms with Crippen LogP contribution >= 0.6 is 11.3 Å². The van der Waals surface area contributed by atoms with E-state index in [2.05, 4.69) is 25.7 Å². The third-order valence-corrected chi connectivity index (χ3v) is 4.97. The van der Waals surface area contributed by atoms with E-state index in [0.29, 0.717) is 5.92 Å². The van der Waals surface area contributed by atoms with Crippen LogP contribution in [0.2, 0.25) is 0 Å². The molecule has 1 aromatic heterocycles. The molecule has 0 aliphatic heterocycles. The van der Waals surface area contributed by atoms with Crippen LogP contribution in [-0.2, 0) is 6.42 Å². The third-order valence-electron chi connectivity index (χ3n) is 3.64. The zero-order chi connectivity index (χ0) is 13.1. The number of aromatic nitrogens is 1. The lowest BCUT2D eigenvalue weighted by Crippen LogP contribution is -2.25. The van der Waals surface area contributed by atoms with Gasteiger partial charge in [0.05, 0.1) is 10.7 Å². The monoisotopic (exact) mass is 267 g/mol. The van der Waals surface area contributed by atoms with Crippen molar-refractivity contribution < 1.29 is 0 Å². The number of nitrogens with two attached hydrogens (primary N) is 1. The second-order valence-electron chi connectivity index (χ2n) is 5.20. The summed E-state index contributed by atoms with van der Waals surface area (Å²) in [7, 11) is 0. The summed E-state index contributed by atoms with van der Waals surface area (Å²) >= 11 is 1.84. The molecule has 1 fully saturated rings. The highest BCUT2D eigenvalue weighted by Crippen LogP contribution is 2.44. The summed E-state index contributed by atoms with van der Waals surface area (Å²) < 4.78 is 0. The van der Waals surface area contributed by atoms with Gasteiger partial charge in [0, 0.05) is 29.8 Å². The predicted octanol–water partition coefficient (Wildman–Crippen LogP) is 2.92. The highest BCUT2D eigenvalue weighted by Gasteiger charge is 2.30. The smallest absolute Gasteiger partial charge is 0.0944 e. The van der Waals surface area contributed by atoms with Gasteiger partial charge in [0.1, 0.15) is 0 Å². The minimum Gasteiger partial charge on any atom is -0.323 e. The fraction of sp³-hybridized carbons (Fsp3) is 0.786. The summed E-state index contributed by atoms with van der Waals surface area (Å²) in [6.07, 6.45) is 3.68. The molecule has 0 spiro atoms. The molecule has 0 aromatic carbocycles. The molecule has 18 heavy (non-hydrogen) atoms. The summed E-state index contributed by atoms with van der Waals surface area (Å²) in [5, 5.41) is 1.27. The number of likely N-dealkylation sites (N-methyl/N-ethyl adjacent to an activating group) is 1. The zero-order valence-electron chi connectivity index (χ0n) is 11.8. The number of hydrogen-bond donors (Lipinski definition) is 1. The normalized spacial score (nSPS) is 17.4. The Morgan fingerprint density at radius 1 is 1.39 bits per heavy atom. The maximum atomic E-state index is 6.06. The molecule has 1 heterocycles. The third kappa shape index (κ3) is 3.31. The lowest BCUT2D eigenvalue weighted by atomic mass is 10.2. The molecule has 1 unspecified atom stereocenters. The van der Waals surface area contributed by atoms with Gasteiger partial charge in [-0.25, -0.2) is 4.98 Å². The van der Waals surface area contributed by atoms with Crippen LogP contribution in [0, 0.1) is 0 Å². The Kier molecular flexibility index (Phi) is 4.76. The molecule has 2 rings (SSSR count). The maximum Gasteiger partial charge on any atom is 0.0944 e. The van der Waals surface area contributed by atoms with Gasteiger partial charge in [-0.15, -0.1) is 11.3 Å². The van der Waals surface area contributed by atoms with E-state index in [-0.39, 0.29) is 6.04 Å². The maximum absolute atomic E-state index is 6.06. The van der Waals surface area contributed by atoms with Gasteiger partial charge in [-0.2, -0.15) is 0 Å². The van der Waals surface area contributed by atoms with Crippen molar-refractivity contribution in [3.05, 3.63) is 15.6 Å². The Morgan fingerprint density at radius 2 is 2.06 bits per heavy atom. The molecule has 1 aromatic rings. The molecule has 1 atom stereocenters. The first-order valence-corrected chi connectivity index (χ1v) is 7.94. The van der Waals surface area contributed by atoms with Crippen molar-refractivity contribution in [2.75, 3.05) is 19.6 Å². The number of nitrogens with zero attached hydrogens (tertiary/aromatic N) is 2. The Hall–Kier alpha value is -0.450. The fourth-order valence-corrected chi connectivity index (χ4v) is 3.36. The minimum absolute atomic E-state index is 0.139. The molecule has 4 heteroatoms. The summed E-state index contributed by atoms with van der Waals surface area (Å²) in [6, 6.07) is 0.139. The lowest BCUT2D eigenvalue weighted by Gasteiger charge is -2.16. The van der Waals surface area contributed by atoms with Crippen molar-refractivity contribution >= 4 is 11.3 Å². The average molecular weight is 267 g/mol. The predicted molar refractivity (Wildman–Crippen MR) is 78.2 cm³/mol. The number of thiazole rings is 1. The van der Waals surface area contributed by atoms with Crippen LogP contribution in [-0.4, -0.2) is 29.5 Å². The summed E-state index contributed by atoms with van der Waals surface area (Å²) in [4.78, 5) is 8.62. The first-order chi connectivity index (χ1) is 8.65. The second kappa shape index (κ2) is 6.13. The second-order valence-corrected chi connectivity index (χ2v) is 6.31. The number of rotatable bonds is 7. The van der Waals surface area contributed by atoms with Gasteiger partial charge in [-0.05, 0) is 32.9 Å². The highest BCUT2D eigenvalue weighted by atomic mass is 32.1. The first-order valence-electron chi connectivity index (χ1n) is 7.13. The van der Waals surface area contributed by atoms with Crippen LogP contribution < -0.4 is 5.73 Å². The zero-order valence-corrected chi connectivity index (χ0v) is 12.6. The van der Waals surface area contributed by atoms with E-state index in [1.54, 1.807) is 0 Å². The van der Waals surface area contributed by atoms with Gasteiger partial charge >= 0.3 is 0 Å². The highest BCUT2D eigenvalue weighted by molar-refractivity contribution is 7.11. The molecule has 3 nitrogen and oxygen atoms in total. The molecule has 0 bridgehead atoms. The van der Waals surface area contributed by atoms with E-state index in [4.69, 9.17) is 10.7 Å². The van der Waals surface area contributed by atoms with Gasteiger partial charge in [0.25, 0.3) is 0 Å². The Morgan fingerprint density at radius 3 is 2.56 bits per heavy atom. The molecule has 2 N–H and O–H groups in total. The summed E-state index contributed by atoms with van der Waals surface area (Å²) in [5.41, 5.74) is 7.37. The van der Waals surface area contributed by atoms with Crippen molar-refractivity contribution in [2.24, 2.45) is 5.73 Å². The van der Waals surface area contributed by atoms with Gasteiger partial charge < -0.3 is 10.6 Å².